The number of aryl methyl sites for hydroxylation is 1. The van der Waals surface area contributed by atoms with Gasteiger partial charge in [-0.15, -0.1) is 0 Å². The highest BCUT2D eigenvalue weighted by Crippen LogP contribution is 2.30. The third kappa shape index (κ3) is 2.73. The van der Waals surface area contributed by atoms with Crippen molar-refractivity contribution in [2.24, 2.45) is 0 Å². The number of aromatic nitrogens is 1. The maximum Gasteiger partial charge on any atom is 0.253 e. The van der Waals surface area contributed by atoms with Gasteiger partial charge in [-0.05, 0) is 38.9 Å². The first-order chi connectivity index (χ1) is 10.1. The quantitative estimate of drug-likeness (QED) is 0.854. The van der Waals surface area contributed by atoms with Crippen LogP contribution in [0.3, 0.4) is 0 Å². The van der Waals surface area contributed by atoms with Crippen LogP contribution in [-0.2, 0) is 16.1 Å². The molecule has 0 aromatic carbocycles. The van der Waals surface area contributed by atoms with Crippen molar-refractivity contribution in [3.8, 4) is 0 Å². The molecule has 114 valence electrons. The largest absolute Gasteiger partial charge is 0.363 e. The first-order valence-electron chi connectivity index (χ1n) is 7.49. The van der Waals surface area contributed by atoms with Crippen LogP contribution in [0.15, 0.2) is 23.1 Å². The fourth-order valence-corrected chi connectivity index (χ4v) is 3.06. The lowest BCUT2D eigenvalue weighted by Gasteiger charge is -2.44. The van der Waals surface area contributed by atoms with E-state index in [1.807, 2.05) is 6.92 Å². The molecule has 1 aromatic rings. The average molecular weight is 291 g/mol. The van der Waals surface area contributed by atoms with Gasteiger partial charge in [-0.3, -0.25) is 9.59 Å². The van der Waals surface area contributed by atoms with Gasteiger partial charge in [-0.1, -0.05) is 0 Å². The van der Waals surface area contributed by atoms with E-state index >= 15 is 0 Å². The van der Waals surface area contributed by atoms with Crippen molar-refractivity contribution in [3.05, 3.63) is 28.7 Å². The van der Waals surface area contributed by atoms with E-state index in [2.05, 4.69) is 5.32 Å². The fourth-order valence-electron chi connectivity index (χ4n) is 3.06. The van der Waals surface area contributed by atoms with Gasteiger partial charge in [0.1, 0.15) is 6.61 Å². The first-order valence-corrected chi connectivity index (χ1v) is 7.49. The number of ether oxygens (including phenoxy) is 1. The highest BCUT2D eigenvalue weighted by atomic mass is 16.5. The Morgan fingerprint density at radius 1 is 1.29 bits per heavy atom. The molecule has 1 aromatic heterocycles. The molecule has 2 aliphatic heterocycles. The van der Waals surface area contributed by atoms with Crippen LogP contribution >= 0.6 is 0 Å². The van der Waals surface area contributed by atoms with Gasteiger partial charge < -0.3 is 19.5 Å². The summed E-state index contributed by atoms with van der Waals surface area (Å²) in [4.78, 5) is 25.7. The van der Waals surface area contributed by atoms with Crippen LogP contribution in [0.5, 0.6) is 0 Å². The number of amides is 1. The summed E-state index contributed by atoms with van der Waals surface area (Å²) >= 11 is 0. The van der Waals surface area contributed by atoms with E-state index in [-0.39, 0.29) is 23.7 Å². The zero-order valence-corrected chi connectivity index (χ0v) is 12.3. The molecule has 0 radical (unpaired) electrons. The monoisotopic (exact) mass is 291 g/mol. The maximum absolute atomic E-state index is 12.2. The lowest BCUT2D eigenvalue weighted by atomic mass is 9.90. The first kappa shape index (κ1) is 14.3. The second-order valence-corrected chi connectivity index (χ2v) is 5.71. The number of carbonyl (C=O) groups excluding carboxylic acids is 1. The predicted molar refractivity (Wildman–Crippen MR) is 79.5 cm³/mol. The summed E-state index contributed by atoms with van der Waals surface area (Å²) in [5.41, 5.74) is 0.494. The molecule has 6 heteroatoms. The molecule has 0 aliphatic carbocycles. The zero-order chi connectivity index (χ0) is 14.9. The summed E-state index contributed by atoms with van der Waals surface area (Å²) < 4.78 is 7.47. The van der Waals surface area contributed by atoms with Crippen molar-refractivity contribution in [1.82, 2.24) is 9.88 Å². The van der Waals surface area contributed by atoms with E-state index in [1.165, 1.54) is 6.07 Å². The van der Waals surface area contributed by atoms with Crippen LogP contribution in [0.25, 0.3) is 0 Å². The zero-order valence-electron chi connectivity index (χ0n) is 12.3. The topological polar surface area (TPSA) is 63.6 Å². The second-order valence-electron chi connectivity index (χ2n) is 5.71. The average Bonchev–Trinajstić information content (AvgIpc) is 2.51. The van der Waals surface area contributed by atoms with Crippen LogP contribution in [0.4, 0.5) is 5.69 Å². The lowest BCUT2D eigenvalue weighted by molar-refractivity contribution is -0.141. The lowest BCUT2D eigenvalue weighted by Crippen LogP contribution is -2.58. The molecule has 6 nitrogen and oxygen atoms in total. The van der Waals surface area contributed by atoms with Crippen LogP contribution in [0.1, 0.15) is 19.8 Å². The normalized spacial score (nSPS) is 21.8. The highest BCUT2D eigenvalue weighted by Gasteiger charge is 2.41. The summed E-state index contributed by atoms with van der Waals surface area (Å²) in [7, 11) is 0. The Hall–Kier alpha value is -1.66. The van der Waals surface area contributed by atoms with Crippen molar-refractivity contribution >= 4 is 11.6 Å². The van der Waals surface area contributed by atoms with Gasteiger partial charge in [0.15, 0.2) is 0 Å². The molecule has 2 aliphatic rings. The number of hydrogen-bond acceptors (Lipinski definition) is 4. The van der Waals surface area contributed by atoms with Gasteiger partial charge in [0, 0.05) is 18.8 Å². The van der Waals surface area contributed by atoms with Crippen molar-refractivity contribution < 1.29 is 9.53 Å². The Morgan fingerprint density at radius 2 is 2.05 bits per heavy atom. The number of piperidine rings is 1. The maximum atomic E-state index is 12.2. The molecule has 2 fully saturated rings. The molecule has 0 saturated carbocycles. The Morgan fingerprint density at radius 3 is 2.76 bits per heavy atom. The third-order valence-electron chi connectivity index (χ3n) is 4.38. The number of carbonyl (C=O) groups is 1. The van der Waals surface area contributed by atoms with Crippen molar-refractivity contribution in [1.29, 1.82) is 0 Å². The van der Waals surface area contributed by atoms with Gasteiger partial charge in [0.2, 0.25) is 0 Å². The Kier molecular flexibility index (Phi) is 3.82. The van der Waals surface area contributed by atoms with Crippen LogP contribution in [0, 0.1) is 0 Å². The molecule has 3 rings (SSSR count). The summed E-state index contributed by atoms with van der Waals surface area (Å²) in [6.07, 6.45) is 3.58. The van der Waals surface area contributed by atoms with E-state index in [0.717, 1.165) is 31.6 Å². The number of nitrogens with zero attached hydrogens (tertiary/aromatic N) is 2. The van der Waals surface area contributed by atoms with Gasteiger partial charge in [-0.25, -0.2) is 0 Å². The van der Waals surface area contributed by atoms with Gasteiger partial charge >= 0.3 is 0 Å². The summed E-state index contributed by atoms with van der Waals surface area (Å²) in [5, 5.41) is 3.32. The number of anilines is 1. The minimum absolute atomic E-state index is 0.0412. The molecule has 1 spiro atoms. The van der Waals surface area contributed by atoms with Crippen LogP contribution < -0.4 is 15.8 Å². The molecule has 0 bridgehead atoms. The number of morpholine rings is 1. The van der Waals surface area contributed by atoms with Gasteiger partial charge in [0.05, 0.1) is 17.8 Å². The smallest absolute Gasteiger partial charge is 0.253 e. The molecule has 0 unspecified atom stereocenters. The van der Waals surface area contributed by atoms with Gasteiger partial charge in [-0.2, -0.15) is 0 Å². The molecule has 1 amide bonds. The minimum atomic E-state index is -0.244. The number of hydrogen-bond donors (Lipinski definition) is 1. The summed E-state index contributed by atoms with van der Waals surface area (Å²) in [5.74, 6) is -0.0412. The van der Waals surface area contributed by atoms with E-state index in [9.17, 15) is 9.59 Å². The molecule has 21 heavy (non-hydrogen) atoms. The van der Waals surface area contributed by atoms with Crippen molar-refractivity contribution in [2.45, 2.75) is 31.9 Å². The van der Waals surface area contributed by atoms with E-state index < -0.39 is 0 Å². The molecule has 2 saturated heterocycles. The SMILES string of the molecule is CCn1cc(N2CC3(CCNCC3)OCC2=O)ccc1=O. The fraction of sp³-hybridized carbons (Fsp3) is 0.600. The predicted octanol–water partition coefficient (Wildman–Crippen LogP) is 0.354. The molecule has 3 heterocycles. The summed E-state index contributed by atoms with van der Waals surface area (Å²) in [6.45, 7) is 5.02. The molecular weight excluding hydrogens is 270 g/mol. The van der Waals surface area contributed by atoms with E-state index in [4.69, 9.17) is 4.74 Å². The highest BCUT2D eigenvalue weighted by molar-refractivity contribution is 5.95. The standard InChI is InChI=1S/C15H21N3O3/c1-2-17-9-12(3-4-13(17)19)18-11-15(21-10-14(18)20)5-7-16-8-6-15/h3-4,9,16H,2,5-8,10-11H2,1H3. The Balaban J connectivity index is 1.88. The number of rotatable bonds is 2. The molecule has 0 atom stereocenters. The molecular formula is C15H21N3O3. The Labute approximate surface area is 123 Å². The Bertz CT molecular complexity index is 590. The van der Waals surface area contributed by atoms with Crippen LogP contribution in [0.2, 0.25) is 0 Å². The number of nitrogens with one attached hydrogen (secondary N) is 1. The second kappa shape index (κ2) is 5.61. The summed E-state index contributed by atoms with van der Waals surface area (Å²) in [6, 6.07) is 3.25. The van der Waals surface area contributed by atoms with Gasteiger partial charge in [0.25, 0.3) is 11.5 Å². The minimum Gasteiger partial charge on any atom is -0.363 e. The van der Waals surface area contributed by atoms with E-state index in [0.29, 0.717) is 13.1 Å². The van der Waals surface area contributed by atoms with E-state index in [1.54, 1.807) is 21.7 Å². The van der Waals surface area contributed by atoms with Crippen molar-refractivity contribution in [2.75, 3.05) is 31.1 Å². The van der Waals surface area contributed by atoms with Crippen molar-refractivity contribution in [3.63, 3.8) is 0 Å². The van der Waals surface area contributed by atoms with Crippen LogP contribution in [-0.4, -0.2) is 42.3 Å². The third-order valence-corrected chi connectivity index (χ3v) is 4.38. The number of pyridine rings is 1. The molecule has 1 N–H and O–H groups in total.